The lowest BCUT2D eigenvalue weighted by Crippen LogP contribution is -2.41. The molecule has 0 aromatic heterocycles. The lowest BCUT2D eigenvalue weighted by Gasteiger charge is -2.18. The van der Waals surface area contributed by atoms with Crippen LogP contribution in [0.3, 0.4) is 0 Å². The van der Waals surface area contributed by atoms with Crippen molar-refractivity contribution < 1.29 is 4.79 Å². The molecule has 0 aliphatic carbocycles. The predicted molar refractivity (Wildman–Crippen MR) is 88.9 cm³/mol. The number of thioether (sulfide) groups is 1. The molecule has 0 radical (unpaired) electrons. The summed E-state index contributed by atoms with van der Waals surface area (Å²) in [6.45, 7) is 1.96. The maximum Gasteiger partial charge on any atom is 0.237 e. The third kappa shape index (κ3) is 6.65. The number of hydrogen-bond donors (Lipinski definition) is 2. The Morgan fingerprint density at radius 1 is 1.53 bits per heavy atom. The Hall–Kier alpha value is -0.230. The number of halogens is 2. The van der Waals surface area contributed by atoms with Crippen LogP contribution in [0.1, 0.15) is 24.9 Å². The van der Waals surface area contributed by atoms with E-state index in [1.165, 1.54) is 0 Å². The van der Waals surface area contributed by atoms with Gasteiger partial charge in [-0.05, 0) is 43.0 Å². The van der Waals surface area contributed by atoms with Crippen LogP contribution in [0.25, 0.3) is 0 Å². The average molecular weight is 368 g/mol. The van der Waals surface area contributed by atoms with Crippen LogP contribution in [-0.4, -0.2) is 24.0 Å². The van der Waals surface area contributed by atoms with E-state index in [4.69, 9.17) is 5.73 Å². The van der Waals surface area contributed by atoms with Crippen LogP contribution in [0.4, 0.5) is 0 Å². The van der Waals surface area contributed by atoms with E-state index in [0.29, 0.717) is 6.42 Å². The van der Waals surface area contributed by atoms with Crippen molar-refractivity contribution in [2.24, 2.45) is 5.73 Å². The lowest BCUT2D eigenvalue weighted by atomic mass is 10.1. The van der Waals surface area contributed by atoms with Crippen LogP contribution in [0.15, 0.2) is 28.7 Å². The van der Waals surface area contributed by atoms with Gasteiger partial charge in [0.15, 0.2) is 0 Å². The maximum atomic E-state index is 11.9. The van der Waals surface area contributed by atoms with Crippen LogP contribution in [0, 0.1) is 0 Å². The van der Waals surface area contributed by atoms with Crippen molar-refractivity contribution in [2.45, 2.75) is 25.4 Å². The van der Waals surface area contributed by atoms with Crippen molar-refractivity contribution in [1.82, 2.24) is 5.32 Å². The van der Waals surface area contributed by atoms with Gasteiger partial charge in [-0.1, -0.05) is 28.1 Å². The Labute approximate surface area is 133 Å². The van der Waals surface area contributed by atoms with Gasteiger partial charge in [0.05, 0.1) is 12.1 Å². The van der Waals surface area contributed by atoms with Gasteiger partial charge < -0.3 is 11.1 Å². The molecule has 3 nitrogen and oxygen atoms in total. The highest BCUT2D eigenvalue weighted by atomic mass is 79.9. The molecule has 1 amide bonds. The minimum Gasteiger partial charge on any atom is -0.348 e. The standard InChI is InChI=1S/C13H19BrN2OS.ClH/c1-9(10-4-3-5-11(14)8-10)16-13(17)12(15)6-7-18-2;/h3-5,8-9,12H,6-7,15H2,1-2H3,(H,16,17);1H/t9?,12-;/m0./s1. The molecule has 0 heterocycles. The van der Waals surface area contributed by atoms with Crippen LogP contribution in [0.2, 0.25) is 0 Å². The Morgan fingerprint density at radius 2 is 2.21 bits per heavy atom. The molecule has 0 fully saturated rings. The highest BCUT2D eigenvalue weighted by Crippen LogP contribution is 2.17. The van der Waals surface area contributed by atoms with Crippen LogP contribution >= 0.6 is 40.1 Å². The summed E-state index contributed by atoms with van der Waals surface area (Å²) < 4.78 is 1.01. The SMILES string of the molecule is CSCC[C@H](N)C(=O)NC(C)c1cccc(Br)c1.Cl. The number of amides is 1. The maximum absolute atomic E-state index is 11.9. The molecule has 6 heteroatoms. The van der Waals surface area contributed by atoms with E-state index in [1.54, 1.807) is 11.8 Å². The Balaban J connectivity index is 0.00000324. The first-order valence-corrected chi connectivity index (χ1v) is 8.03. The largest absolute Gasteiger partial charge is 0.348 e. The molecule has 3 N–H and O–H groups in total. The molecular formula is C13H20BrClN2OS. The molecule has 19 heavy (non-hydrogen) atoms. The van der Waals surface area contributed by atoms with E-state index < -0.39 is 6.04 Å². The second kappa shape index (κ2) is 9.64. The second-order valence-electron chi connectivity index (χ2n) is 4.17. The zero-order valence-corrected chi connectivity index (χ0v) is 14.3. The lowest BCUT2D eigenvalue weighted by molar-refractivity contribution is -0.123. The van der Waals surface area contributed by atoms with E-state index in [2.05, 4.69) is 21.2 Å². The Kier molecular flexibility index (Phi) is 9.52. The minimum atomic E-state index is -0.424. The van der Waals surface area contributed by atoms with Gasteiger partial charge in [0.1, 0.15) is 0 Å². The van der Waals surface area contributed by atoms with Crippen molar-refractivity contribution in [3.8, 4) is 0 Å². The fourth-order valence-corrected chi connectivity index (χ4v) is 2.46. The molecule has 2 atom stereocenters. The van der Waals surface area contributed by atoms with Gasteiger partial charge in [-0.3, -0.25) is 4.79 Å². The molecular weight excluding hydrogens is 348 g/mol. The third-order valence-corrected chi connectivity index (χ3v) is 3.81. The summed E-state index contributed by atoms with van der Waals surface area (Å²) in [5.41, 5.74) is 6.89. The number of nitrogens with two attached hydrogens (primary N) is 1. The number of hydrogen-bond acceptors (Lipinski definition) is 3. The van der Waals surface area contributed by atoms with Crippen LogP contribution in [0.5, 0.6) is 0 Å². The van der Waals surface area contributed by atoms with E-state index in [1.807, 2.05) is 37.4 Å². The summed E-state index contributed by atoms with van der Waals surface area (Å²) in [5.74, 6) is 0.816. The molecule has 0 saturated heterocycles. The van der Waals surface area contributed by atoms with Crippen molar-refractivity contribution in [2.75, 3.05) is 12.0 Å². The molecule has 0 saturated carbocycles. The molecule has 108 valence electrons. The molecule has 1 rings (SSSR count). The van der Waals surface area contributed by atoms with Gasteiger partial charge >= 0.3 is 0 Å². The number of rotatable bonds is 6. The van der Waals surface area contributed by atoms with Crippen LogP contribution < -0.4 is 11.1 Å². The summed E-state index contributed by atoms with van der Waals surface area (Å²) in [6, 6.07) is 7.45. The monoisotopic (exact) mass is 366 g/mol. The first-order chi connectivity index (χ1) is 8.54. The zero-order chi connectivity index (χ0) is 13.5. The Morgan fingerprint density at radius 3 is 2.79 bits per heavy atom. The molecule has 1 aromatic rings. The fourth-order valence-electron chi connectivity index (χ4n) is 1.56. The van der Waals surface area contributed by atoms with Crippen molar-refractivity contribution in [1.29, 1.82) is 0 Å². The van der Waals surface area contributed by atoms with Gasteiger partial charge in [0.2, 0.25) is 5.91 Å². The molecule has 1 aromatic carbocycles. The smallest absolute Gasteiger partial charge is 0.237 e. The van der Waals surface area contributed by atoms with Gasteiger partial charge in [-0.15, -0.1) is 12.4 Å². The molecule has 0 aliphatic rings. The van der Waals surface area contributed by atoms with Gasteiger partial charge in [0.25, 0.3) is 0 Å². The third-order valence-electron chi connectivity index (χ3n) is 2.68. The molecule has 1 unspecified atom stereocenters. The fraction of sp³-hybridized carbons (Fsp3) is 0.462. The number of benzene rings is 1. The van der Waals surface area contributed by atoms with Crippen LogP contribution in [-0.2, 0) is 4.79 Å². The number of carbonyl (C=O) groups excluding carboxylic acids is 1. The zero-order valence-electron chi connectivity index (χ0n) is 11.1. The first-order valence-electron chi connectivity index (χ1n) is 5.85. The van der Waals surface area contributed by atoms with Crippen molar-refractivity contribution in [3.05, 3.63) is 34.3 Å². The van der Waals surface area contributed by atoms with Gasteiger partial charge in [-0.2, -0.15) is 11.8 Å². The van der Waals surface area contributed by atoms with E-state index in [0.717, 1.165) is 15.8 Å². The minimum absolute atomic E-state index is 0. The summed E-state index contributed by atoms with van der Waals surface area (Å²) in [7, 11) is 0. The normalized spacial score (nSPS) is 13.3. The first kappa shape index (κ1) is 18.8. The van der Waals surface area contributed by atoms with Gasteiger partial charge in [-0.25, -0.2) is 0 Å². The molecule has 0 spiro atoms. The topological polar surface area (TPSA) is 55.1 Å². The van der Waals surface area contributed by atoms with E-state index >= 15 is 0 Å². The van der Waals surface area contributed by atoms with Crippen molar-refractivity contribution in [3.63, 3.8) is 0 Å². The summed E-state index contributed by atoms with van der Waals surface area (Å²) >= 11 is 5.12. The Bertz CT molecular complexity index is 406. The van der Waals surface area contributed by atoms with E-state index in [9.17, 15) is 4.79 Å². The summed E-state index contributed by atoms with van der Waals surface area (Å²) in [6.07, 6.45) is 2.72. The highest BCUT2D eigenvalue weighted by Gasteiger charge is 2.16. The molecule has 0 aliphatic heterocycles. The molecule has 0 bridgehead atoms. The van der Waals surface area contributed by atoms with Crippen molar-refractivity contribution >= 4 is 46.0 Å². The summed E-state index contributed by atoms with van der Waals surface area (Å²) in [5, 5.41) is 2.94. The van der Waals surface area contributed by atoms with E-state index in [-0.39, 0.29) is 24.4 Å². The predicted octanol–water partition coefficient (Wildman–Crippen LogP) is 3.13. The van der Waals surface area contributed by atoms with Gasteiger partial charge in [0, 0.05) is 4.47 Å². The average Bonchev–Trinajstić information content (AvgIpc) is 2.35. The number of carbonyl (C=O) groups is 1. The number of nitrogens with one attached hydrogen (secondary N) is 1. The highest BCUT2D eigenvalue weighted by molar-refractivity contribution is 9.10. The second-order valence-corrected chi connectivity index (χ2v) is 6.07. The quantitative estimate of drug-likeness (QED) is 0.812. The summed E-state index contributed by atoms with van der Waals surface area (Å²) in [4.78, 5) is 11.9.